The number of nitrogens with zero attached hydrogens (tertiary/aromatic N) is 4. The minimum atomic E-state index is -1.43. The minimum absolute atomic E-state index is 0.192. The fourth-order valence-corrected chi connectivity index (χ4v) is 2.94. The number of guanidine groups is 1. The number of benzene rings is 1. The van der Waals surface area contributed by atoms with Gasteiger partial charge in [0.1, 0.15) is 6.26 Å². The Labute approximate surface area is 153 Å². The molecular weight excluding hydrogens is 366 g/mol. The molecule has 0 spiro atoms. The second-order valence-electron chi connectivity index (χ2n) is 6.10. The predicted octanol–water partition coefficient (Wildman–Crippen LogP) is 2.12. The maximum absolute atomic E-state index is 13.8. The minimum Gasteiger partial charge on any atom is -0.364 e. The van der Waals surface area contributed by atoms with Crippen LogP contribution < -0.4 is 5.32 Å². The zero-order valence-corrected chi connectivity index (χ0v) is 14.7. The van der Waals surface area contributed by atoms with Gasteiger partial charge in [-0.25, -0.2) is 17.6 Å². The van der Waals surface area contributed by atoms with Crippen LogP contribution in [0.4, 0.5) is 17.6 Å². The van der Waals surface area contributed by atoms with Crippen LogP contribution in [0, 0.1) is 23.3 Å². The Hall–Kier alpha value is -2.62. The van der Waals surface area contributed by atoms with Crippen LogP contribution in [0.15, 0.2) is 27.9 Å². The molecule has 2 aromatic rings. The Bertz CT molecular complexity index is 778. The molecular formula is C17H19F4N5O. The Balaban J connectivity index is 1.58. The highest BCUT2D eigenvalue weighted by atomic mass is 19.2. The summed E-state index contributed by atoms with van der Waals surface area (Å²) >= 11 is 0. The molecule has 3 rings (SSSR count). The van der Waals surface area contributed by atoms with Crippen LogP contribution in [0.3, 0.4) is 0 Å². The van der Waals surface area contributed by atoms with Crippen LogP contribution in [0.2, 0.25) is 0 Å². The summed E-state index contributed by atoms with van der Waals surface area (Å²) in [6, 6.07) is 1.99. The topological polar surface area (TPSA) is 56.9 Å². The van der Waals surface area contributed by atoms with Crippen molar-refractivity contribution in [3.8, 4) is 0 Å². The Kier molecular flexibility index (Phi) is 5.94. The van der Waals surface area contributed by atoms with Crippen LogP contribution in [0.5, 0.6) is 0 Å². The third-order valence-electron chi connectivity index (χ3n) is 4.39. The average molecular weight is 385 g/mol. The van der Waals surface area contributed by atoms with Crippen molar-refractivity contribution in [1.82, 2.24) is 20.3 Å². The molecule has 0 atom stereocenters. The van der Waals surface area contributed by atoms with Crippen LogP contribution >= 0.6 is 0 Å². The third kappa shape index (κ3) is 4.38. The van der Waals surface area contributed by atoms with Gasteiger partial charge in [-0.2, -0.15) is 0 Å². The highest BCUT2D eigenvalue weighted by Gasteiger charge is 2.22. The van der Waals surface area contributed by atoms with Crippen molar-refractivity contribution in [2.45, 2.75) is 13.1 Å². The molecule has 27 heavy (non-hydrogen) atoms. The molecule has 1 aromatic carbocycles. The summed E-state index contributed by atoms with van der Waals surface area (Å²) in [5.41, 5.74) is 0.142. The van der Waals surface area contributed by atoms with E-state index in [4.69, 9.17) is 4.52 Å². The van der Waals surface area contributed by atoms with E-state index in [9.17, 15) is 17.6 Å². The van der Waals surface area contributed by atoms with E-state index in [2.05, 4.69) is 20.4 Å². The Morgan fingerprint density at radius 3 is 2.37 bits per heavy atom. The van der Waals surface area contributed by atoms with Crippen molar-refractivity contribution in [3.63, 3.8) is 0 Å². The van der Waals surface area contributed by atoms with Crippen LogP contribution in [-0.4, -0.2) is 54.1 Å². The first-order valence-corrected chi connectivity index (χ1v) is 8.38. The predicted molar refractivity (Wildman–Crippen MR) is 89.8 cm³/mol. The standard InChI is InChI=1S/C17H19F4N5O/c1-22-17(23-9-12-15(20)13(18)8-14(19)16(12)21)26-5-3-25(4-6-26)10-11-2-7-27-24-11/h2,7-8H,3-6,9-10H2,1H3,(H,22,23). The van der Waals surface area contributed by atoms with Gasteiger partial charge in [0.15, 0.2) is 29.2 Å². The SMILES string of the molecule is CN=C(NCc1c(F)c(F)cc(F)c1F)N1CCN(Cc2ccon2)CC1. The van der Waals surface area contributed by atoms with Gasteiger partial charge in [-0.15, -0.1) is 0 Å². The molecule has 0 aliphatic carbocycles. The Morgan fingerprint density at radius 2 is 1.81 bits per heavy atom. The lowest BCUT2D eigenvalue weighted by molar-refractivity contribution is 0.169. The molecule has 2 heterocycles. The first kappa shape index (κ1) is 19.2. The zero-order valence-electron chi connectivity index (χ0n) is 14.7. The van der Waals surface area contributed by atoms with E-state index in [1.165, 1.54) is 13.3 Å². The first-order valence-electron chi connectivity index (χ1n) is 8.38. The molecule has 1 aliphatic heterocycles. The first-order chi connectivity index (χ1) is 13.0. The molecule has 0 bridgehead atoms. The third-order valence-corrected chi connectivity index (χ3v) is 4.39. The van der Waals surface area contributed by atoms with E-state index in [1.54, 1.807) is 6.07 Å². The van der Waals surface area contributed by atoms with Gasteiger partial charge in [0.2, 0.25) is 0 Å². The van der Waals surface area contributed by atoms with E-state index in [0.717, 1.165) is 18.8 Å². The molecule has 6 nitrogen and oxygen atoms in total. The van der Waals surface area contributed by atoms with E-state index in [1.807, 2.05) is 4.90 Å². The lowest BCUT2D eigenvalue weighted by atomic mass is 10.2. The van der Waals surface area contributed by atoms with Gasteiger partial charge in [-0.05, 0) is 0 Å². The fourth-order valence-electron chi connectivity index (χ4n) is 2.94. The fraction of sp³-hybridized carbons (Fsp3) is 0.412. The highest BCUT2D eigenvalue weighted by molar-refractivity contribution is 5.80. The highest BCUT2D eigenvalue weighted by Crippen LogP contribution is 2.19. The van der Waals surface area contributed by atoms with Gasteiger partial charge in [0, 0.05) is 64.0 Å². The molecule has 0 saturated carbocycles. The molecule has 1 N–H and O–H groups in total. The second-order valence-corrected chi connectivity index (χ2v) is 6.10. The summed E-state index contributed by atoms with van der Waals surface area (Å²) in [4.78, 5) is 8.18. The van der Waals surface area contributed by atoms with E-state index >= 15 is 0 Å². The van der Waals surface area contributed by atoms with Gasteiger partial charge in [-0.1, -0.05) is 5.16 Å². The number of aliphatic imine (C=N–C) groups is 1. The average Bonchev–Trinajstić information content (AvgIpc) is 3.17. The summed E-state index contributed by atoms with van der Waals surface area (Å²) in [5.74, 6) is -5.27. The summed E-state index contributed by atoms with van der Waals surface area (Å²) in [7, 11) is 1.53. The summed E-state index contributed by atoms with van der Waals surface area (Å²) < 4.78 is 59.0. The number of hydrogen-bond acceptors (Lipinski definition) is 4. The molecule has 1 aromatic heterocycles. The smallest absolute Gasteiger partial charge is 0.194 e. The molecule has 1 saturated heterocycles. The monoisotopic (exact) mass is 385 g/mol. The van der Waals surface area contributed by atoms with Gasteiger partial charge in [0.25, 0.3) is 0 Å². The number of nitrogens with one attached hydrogen (secondary N) is 1. The van der Waals surface area contributed by atoms with E-state index in [0.29, 0.717) is 25.6 Å². The van der Waals surface area contributed by atoms with E-state index in [-0.39, 0.29) is 6.07 Å². The second kappa shape index (κ2) is 8.38. The summed E-state index contributed by atoms with van der Waals surface area (Å²) in [5, 5.41) is 6.64. The van der Waals surface area contributed by atoms with Crippen molar-refractivity contribution < 1.29 is 22.1 Å². The van der Waals surface area contributed by atoms with Crippen molar-refractivity contribution in [2.75, 3.05) is 33.2 Å². The van der Waals surface area contributed by atoms with Gasteiger partial charge in [0.05, 0.1) is 5.69 Å². The van der Waals surface area contributed by atoms with Gasteiger partial charge in [-0.3, -0.25) is 9.89 Å². The van der Waals surface area contributed by atoms with E-state index < -0.39 is 35.4 Å². The summed E-state index contributed by atoms with van der Waals surface area (Å²) in [6.45, 7) is 2.95. The number of aromatic nitrogens is 1. The molecule has 0 amide bonds. The Morgan fingerprint density at radius 1 is 1.15 bits per heavy atom. The molecule has 10 heteroatoms. The lowest BCUT2D eigenvalue weighted by Crippen LogP contribution is -2.52. The van der Waals surface area contributed by atoms with Crippen molar-refractivity contribution in [2.24, 2.45) is 4.99 Å². The molecule has 0 unspecified atom stereocenters. The zero-order chi connectivity index (χ0) is 19.4. The van der Waals surface area contributed by atoms with Gasteiger partial charge >= 0.3 is 0 Å². The largest absolute Gasteiger partial charge is 0.364 e. The molecule has 0 radical (unpaired) electrons. The maximum atomic E-state index is 13.8. The van der Waals surface area contributed by atoms with Crippen LogP contribution in [0.1, 0.15) is 11.3 Å². The van der Waals surface area contributed by atoms with Crippen molar-refractivity contribution >= 4 is 5.96 Å². The number of piperazine rings is 1. The number of rotatable bonds is 4. The van der Waals surface area contributed by atoms with Crippen LogP contribution in [-0.2, 0) is 13.1 Å². The molecule has 1 aliphatic rings. The number of hydrogen-bond donors (Lipinski definition) is 1. The normalized spacial score (nSPS) is 16.0. The quantitative estimate of drug-likeness (QED) is 0.378. The van der Waals surface area contributed by atoms with Crippen LogP contribution in [0.25, 0.3) is 0 Å². The van der Waals surface area contributed by atoms with Gasteiger partial charge < -0.3 is 14.7 Å². The van der Waals surface area contributed by atoms with Crippen molar-refractivity contribution in [3.05, 3.63) is 52.9 Å². The number of halogens is 4. The summed E-state index contributed by atoms with van der Waals surface area (Å²) in [6.07, 6.45) is 1.52. The molecule has 1 fully saturated rings. The maximum Gasteiger partial charge on any atom is 0.194 e. The lowest BCUT2D eigenvalue weighted by Gasteiger charge is -2.36. The van der Waals surface area contributed by atoms with Crippen molar-refractivity contribution in [1.29, 1.82) is 0 Å². The molecule has 146 valence electrons.